The molecule has 1 aliphatic heterocycles. The smallest absolute Gasteiger partial charge is 0.134 e. The van der Waals surface area contributed by atoms with Crippen molar-refractivity contribution in [2.75, 3.05) is 0 Å². The number of phenolic OH excluding ortho intramolecular Hbond substituents is 1. The molecule has 0 spiro atoms. The van der Waals surface area contributed by atoms with Gasteiger partial charge >= 0.3 is 0 Å². The van der Waals surface area contributed by atoms with E-state index in [9.17, 15) is 5.11 Å². The third-order valence-electron chi connectivity index (χ3n) is 6.00. The average molecular weight is 326 g/mol. The number of hydrogen-bond acceptors (Lipinski definition) is 2. The van der Waals surface area contributed by atoms with Crippen molar-refractivity contribution in [2.24, 2.45) is 11.8 Å². The summed E-state index contributed by atoms with van der Waals surface area (Å²) in [4.78, 5) is 0. The van der Waals surface area contributed by atoms with Crippen molar-refractivity contribution in [1.29, 1.82) is 0 Å². The highest BCUT2D eigenvalue weighted by molar-refractivity contribution is 5.55. The number of rotatable bonds is 4. The standard InChI is InChI=1S/C22H30O2/c1-6-7-14(3)15(4)17-11-20(23)22-19-10-13(2)8-9-18(19)16(5)24-21(22)12-17/h10-12,14-15,18-19,23H,5-9H2,1-4H3/t14?,15?,18-,19+/m0/s1. The summed E-state index contributed by atoms with van der Waals surface area (Å²) in [6.07, 6.45) is 6.81. The van der Waals surface area contributed by atoms with E-state index in [1.54, 1.807) is 0 Å². The van der Waals surface area contributed by atoms with Crippen LogP contribution in [0.1, 0.15) is 76.3 Å². The second kappa shape index (κ2) is 6.66. The van der Waals surface area contributed by atoms with E-state index < -0.39 is 0 Å². The van der Waals surface area contributed by atoms with Crippen molar-refractivity contribution in [3.63, 3.8) is 0 Å². The molecule has 2 unspecified atom stereocenters. The minimum absolute atomic E-state index is 0.201. The molecule has 0 saturated heterocycles. The lowest BCUT2D eigenvalue weighted by Crippen LogP contribution is -2.25. The van der Waals surface area contributed by atoms with Crippen molar-refractivity contribution < 1.29 is 9.84 Å². The quantitative estimate of drug-likeness (QED) is 0.660. The van der Waals surface area contributed by atoms with Gasteiger partial charge in [0.2, 0.25) is 0 Å². The van der Waals surface area contributed by atoms with Crippen molar-refractivity contribution >= 4 is 0 Å². The minimum Gasteiger partial charge on any atom is -0.507 e. The molecule has 2 nitrogen and oxygen atoms in total. The topological polar surface area (TPSA) is 29.5 Å². The van der Waals surface area contributed by atoms with Gasteiger partial charge in [0, 0.05) is 17.4 Å². The zero-order chi connectivity index (χ0) is 17.4. The second-order valence-electron chi connectivity index (χ2n) is 7.76. The van der Waals surface area contributed by atoms with Gasteiger partial charge in [0.25, 0.3) is 0 Å². The van der Waals surface area contributed by atoms with Gasteiger partial charge in [-0.2, -0.15) is 0 Å². The van der Waals surface area contributed by atoms with E-state index in [-0.39, 0.29) is 11.8 Å². The fourth-order valence-corrected chi connectivity index (χ4v) is 4.28. The summed E-state index contributed by atoms with van der Waals surface area (Å²) in [5.41, 5.74) is 3.51. The summed E-state index contributed by atoms with van der Waals surface area (Å²) >= 11 is 0. The maximum Gasteiger partial charge on any atom is 0.134 e. The monoisotopic (exact) mass is 326 g/mol. The summed E-state index contributed by atoms with van der Waals surface area (Å²) in [5, 5.41) is 10.8. The van der Waals surface area contributed by atoms with Crippen molar-refractivity contribution in [3.05, 3.63) is 47.2 Å². The molecule has 0 radical (unpaired) electrons. The Morgan fingerprint density at radius 3 is 2.79 bits per heavy atom. The molecule has 0 bridgehead atoms. The van der Waals surface area contributed by atoms with Crippen LogP contribution >= 0.6 is 0 Å². The molecule has 0 fully saturated rings. The predicted molar refractivity (Wildman–Crippen MR) is 99.6 cm³/mol. The molecule has 1 aliphatic carbocycles. The van der Waals surface area contributed by atoms with Gasteiger partial charge < -0.3 is 9.84 Å². The molecule has 2 aliphatic rings. The fraction of sp³-hybridized carbons (Fsp3) is 0.545. The normalized spacial score (nSPS) is 25.2. The third kappa shape index (κ3) is 2.99. The van der Waals surface area contributed by atoms with Crippen molar-refractivity contribution in [1.82, 2.24) is 0 Å². The number of hydrogen-bond donors (Lipinski definition) is 1. The van der Waals surface area contributed by atoms with Gasteiger partial charge in [-0.1, -0.05) is 51.8 Å². The summed E-state index contributed by atoms with van der Waals surface area (Å²) in [7, 11) is 0. The van der Waals surface area contributed by atoms with Gasteiger partial charge in [-0.05, 0) is 49.3 Å². The van der Waals surface area contributed by atoms with Crippen LogP contribution in [-0.4, -0.2) is 5.11 Å². The lowest BCUT2D eigenvalue weighted by atomic mass is 9.73. The van der Waals surface area contributed by atoms with Crippen LogP contribution in [-0.2, 0) is 0 Å². The third-order valence-corrected chi connectivity index (χ3v) is 6.00. The van der Waals surface area contributed by atoms with Gasteiger partial charge in [0.05, 0.1) is 0 Å². The first kappa shape index (κ1) is 17.1. The van der Waals surface area contributed by atoms with Crippen LogP contribution in [0.2, 0.25) is 0 Å². The molecule has 3 rings (SSSR count). The van der Waals surface area contributed by atoms with Gasteiger partial charge in [0.15, 0.2) is 0 Å². The minimum atomic E-state index is 0.201. The van der Waals surface area contributed by atoms with Crippen LogP contribution in [0.15, 0.2) is 36.1 Å². The molecule has 24 heavy (non-hydrogen) atoms. The van der Waals surface area contributed by atoms with Gasteiger partial charge in [-0.25, -0.2) is 0 Å². The van der Waals surface area contributed by atoms with Gasteiger partial charge in [-0.15, -0.1) is 0 Å². The Hall–Kier alpha value is -1.70. The van der Waals surface area contributed by atoms with E-state index in [4.69, 9.17) is 4.74 Å². The first-order valence-corrected chi connectivity index (χ1v) is 9.33. The maximum absolute atomic E-state index is 10.8. The molecule has 4 atom stereocenters. The fourth-order valence-electron chi connectivity index (χ4n) is 4.28. The molecular formula is C22H30O2. The van der Waals surface area contributed by atoms with Crippen molar-refractivity contribution in [2.45, 2.75) is 65.2 Å². The SMILES string of the molecule is C=C1Oc2cc(C(C)C(C)CCC)cc(O)c2[C@@H]2C=C(C)CC[C@@H]12. The highest BCUT2D eigenvalue weighted by atomic mass is 16.5. The predicted octanol–water partition coefficient (Wildman–Crippen LogP) is 6.28. The summed E-state index contributed by atoms with van der Waals surface area (Å²) in [6.45, 7) is 13.1. The average Bonchev–Trinajstić information content (AvgIpc) is 2.53. The van der Waals surface area contributed by atoms with Gasteiger partial charge in [-0.3, -0.25) is 0 Å². The molecular weight excluding hydrogens is 296 g/mol. The zero-order valence-electron chi connectivity index (χ0n) is 15.4. The molecule has 130 valence electrons. The van der Waals surface area contributed by atoms with E-state index in [1.165, 1.54) is 18.4 Å². The number of aromatic hydroxyl groups is 1. The van der Waals surface area contributed by atoms with E-state index >= 15 is 0 Å². The Kier molecular flexibility index (Phi) is 4.76. The first-order chi connectivity index (χ1) is 11.4. The summed E-state index contributed by atoms with van der Waals surface area (Å²) in [6, 6.07) is 4.09. The lowest BCUT2D eigenvalue weighted by molar-refractivity contribution is 0.274. The molecule has 1 aromatic rings. The van der Waals surface area contributed by atoms with E-state index in [0.717, 1.165) is 35.5 Å². The number of phenols is 1. The van der Waals surface area contributed by atoms with E-state index in [0.29, 0.717) is 17.6 Å². The Morgan fingerprint density at radius 2 is 2.08 bits per heavy atom. The zero-order valence-corrected chi connectivity index (χ0v) is 15.4. The van der Waals surface area contributed by atoms with Crippen molar-refractivity contribution in [3.8, 4) is 11.5 Å². The highest BCUT2D eigenvalue weighted by Gasteiger charge is 2.37. The van der Waals surface area contributed by atoms with E-state index in [1.807, 2.05) is 6.07 Å². The van der Waals surface area contributed by atoms with Gasteiger partial charge in [0.1, 0.15) is 17.3 Å². The van der Waals surface area contributed by atoms with Crippen LogP contribution < -0.4 is 4.74 Å². The summed E-state index contributed by atoms with van der Waals surface area (Å²) < 4.78 is 6.06. The van der Waals surface area contributed by atoms with Crippen LogP contribution in [0.25, 0.3) is 0 Å². The molecule has 0 aromatic heterocycles. The molecule has 0 saturated carbocycles. The van der Waals surface area contributed by atoms with Crippen LogP contribution in [0.4, 0.5) is 0 Å². The lowest BCUT2D eigenvalue weighted by Gasteiger charge is -2.37. The largest absolute Gasteiger partial charge is 0.507 e. The molecule has 1 heterocycles. The van der Waals surface area contributed by atoms with E-state index in [2.05, 4.69) is 46.4 Å². The molecule has 0 amide bonds. The number of fused-ring (bicyclic) bond motifs is 3. The highest BCUT2D eigenvalue weighted by Crippen LogP contribution is 2.51. The number of benzene rings is 1. The van der Waals surface area contributed by atoms with Crippen LogP contribution in [0.3, 0.4) is 0 Å². The second-order valence-corrected chi connectivity index (χ2v) is 7.76. The molecule has 1 aromatic carbocycles. The van der Waals surface area contributed by atoms with Crippen LogP contribution in [0.5, 0.6) is 11.5 Å². The summed E-state index contributed by atoms with van der Waals surface area (Å²) in [5.74, 6) is 3.51. The number of allylic oxidation sites excluding steroid dienone is 3. The Morgan fingerprint density at radius 1 is 1.33 bits per heavy atom. The van der Waals surface area contributed by atoms with Crippen LogP contribution in [0, 0.1) is 11.8 Å². The molecule has 2 heteroatoms. The Balaban J connectivity index is 2.01. The maximum atomic E-state index is 10.8. The Bertz CT molecular complexity index is 671. The Labute approximate surface area is 146 Å². The number of ether oxygens (including phenoxy) is 1. The first-order valence-electron chi connectivity index (χ1n) is 9.33. The molecule has 1 N–H and O–H groups in total.